The number of carbonyl (C=O) groups is 2. The molecule has 6 aromatic rings. The number of carboxylic acids is 1. The van der Waals surface area contributed by atoms with E-state index in [-0.39, 0.29) is 17.5 Å². The fourth-order valence-corrected chi connectivity index (χ4v) is 8.39. The highest BCUT2D eigenvalue weighted by molar-refractivity contribution is 6.35. The molecule has 0 bridgehead atoms. The van der Waals surface area contributed by atoms with Gasteiger partial charge >= 0.3 is 5.97 Å². The number of hydrogen-bond donors (Lipinski definition) is 1. The molecule has 3 aromatic carbocycles. The first-order valence-corrected chi connectivity index (χ1v) is 18.5. The summed E-state index contributed by atoms with van der Waals surface area (Å²) >= 11 is 13.5. The molecule has 0 radical (unpaired) electrons. The maximum absolute atomic E-state index is 15.2. The zero-order valence-corrected chi connectivity index (χ0v) is 32.5. The molecule has 0 spiro atoms. The van der Waals surface area contributed by atoms with Crippen LogP contribution in [0.25, 0.3) is 32.9 Å². The van der Waals surface area contributed by atoms with Crippen LogP contribution in [0.4, 0.5) is 5.69 Å². The second kappa shape index (κ2) is 14.2. The summed E-state index contributed by atoms with van der Waals surface area (Å²) in [7, 11) is 3.53. The third-order valence-corrected chi connectivity index (χ3v) is 11.4. The zero-order valence-electron chi connectivity index (χ0n) is 31.0. The second-order valence-corrected chi connectivity index (χ2v) is 14.8. The molecule has 0 saturated heterocycles. The van der Waals surface area contributed by atoms with Gasteiger partial charge in [-0.15, -0.1) is 0 Å². The lowest BCUT2D eigenvalue weighted by atomic mass is 9.98. The number of fused-ring (bicyclic) bond motifs is 4. The summed E-state index contributed by atoms with van der Waals surface area (Å²) in [5, 5.41) is 17.7. The lowest BCUT2D eigenvalue weighted by molar-refractivity contribution is 0.0698. The van der Waals surface area contributed by atoms with Gasteiger partial charge in [-0.3, -0.25) is 9.48 Å². The van der Waals surface area contributed by atoms with Crippen molar-refractivity contribution in [3.05, 3.63) is 98.0 Å². The summed E-state index contributed by atoms with van der Waals surface area (Å²) in [6, 6.07) is 13.2. The van der Waals surface area contributed by atoms with Crippen LogP contribution in [-0.2, 0) is 24.8 Å². The highest BCUT2D eigenvalue weighted by Gasteiger charge is 2.38. The van der Waals surface area contributed by atoms with E-state index < -0.39 is 5.97 Å². The minimum Gasteiger partial charge on any atom is -0.494 e. The molecule has 1 aliphatic heterocycles. The molecule has 1 aliphatic rings. The molecule has 0 fully saturated rings. The standard InChI is InChI=1S/C41H43Cl2N5O5/c1-22-18-27(19-23(2)36(22)43)53-16-9-11-28-30-13-14-32(42)35(34-25(4)44-45(6)26(34)5)38(30)48-24(3)20-47(40(49)39(28)48)33-12-8-10-29-31(41(50)51)21-46(37(29)33)15-17-52-7/h8,10,12-14,18-19,21,24H,9,11,15-17,20H2,1-7H3,(H,50,51). The van der Waals surface area contributed by atoms with E-state index in [9.17, 15) is 9.90 Å². The largest absolute Gasteiger partial charge is 0.494 e. The molecular weight excluding hydrogens is 713 g/mol. The third kappa shape index (κ3) is 6.16. The number of carbonyl (C=O) groups excluding carboxylic acids is 1. The fourth-order valence-electron chi connectivity index (χ4n) is 8.03. The Kier molecular flexibility index (Phi) is 9.82. The average molecular weight is 757 g/mol. The van der Waals surface area contributed by atoms with Crippen molar-refractivity contribution in [1.29, 1.82) is 0 Å². The Morgan fingerprint density at radius 3 is 2.40 bits per heavy atom. The normalized spacial score (nSPS) is 14.5. The van der Waals surface area contributed by atoms with Crippen LogP contribution in [-0.4, -0.2) is 62.8 Å². The van der Waals surface area contributed by atoms with Crippen LogP contribution in [0.3, 0.4) is 0 Å². The lowest BCUT2D eigenvalue weighted by Gasteiger charge is -2.35. The van der Waals surface area contributed by atoms with Crippen molar-refractivity contribution >= 4 is 62.6 Å². The van der Waals surface area contributed by atoms with Crippen molar-refractivity contribution in [3.8, 4) is 16.9 Å². The lowest BCUT2D eigenvalue weighted by Crippen LogP contribution is -2.43. The van der Waals surface area contributed by atoms with Gasteiger partial charge in [-0.1, -0.05) is 41.4 Å². The minimum atomic E-state index is -1.03. The fraction of sp³-hybridized carbons (Fsp3) is 0.341. The minimum absolute atomic E-state index is 0.162. The monoisotopic (exact) mass is 755 g/mol. The van der Waals surface area contributed by atoms with Crippen LogP contribution >= 0.6 is 23.2 Å². The van der Waals surface area contributed by atoms with Gasteiger partial charge in [0.25, 0.3) is 5.91 Å². The Labute approximate surface area is 318 Å². The Balaban J connectivity index is 1.39. The number of rotatable bonds is 11. The van der Waals surface area contributed by atoms with Crippen molar-refractivity contribution in [3.63, 3.8) is 0 Å². The van der Waals surface area contributed by atoms with E-state index >= 15 is 4.79 Å². The summed E-state index contributed by atoms with van der Waals surface area (Å²) in [5.41, 5.74) is 9.48. The van der Waals surface area contributed by atoms with Gasteiger partial charge in [-0.25, -0.2) is 4.79 Å². The summed E-state index contributed by atoms with van der Waals surface area (Å²) in [6.45, 7) is 11.7. The van der Waals surface area contributed by atoms with Gasteiger partial charge in [0.1, 0.15) is 11.4 Å². The van der Waals surface area contributed by atoms with Crippen LogP contribution in [0.5, 0.6) is 5.75 Å². The van der Waals surface area contributed by atoms with E-state index in [1.807, 2.05) is 80.4 Å². The molecule has 4 heterocycles. The van der Waals surface area contributed by atoms with Crippen LogP contribution in [0.2, 0.25) is 10.0 Å². The smallest absolute Gasteiger partial charge is 0.337 e. The first-order chi connectivity index (χ1) is 25.3. The number of methoxy groups -OCH3 is 1. The Hall–Kier alpha value is -4.77. The van der Waals surface area contributed by atoms with E-state index in [0.29, 0.717) is 66.5 Å². The highest BCUT2D eigenvalue weighted by Crippen LogP contribution is 2.46. The van der Waals surface area contributed by atoms with Crippen LogP contribution in [0, 0.1) is 27.7 Å². The number of carboxylic acid groups (broad SMARTS) is 1. The summed E-state index contributed by atoms with van der Waals surface area (Å²) in [5.74, 6) is -0.434. The Morgan fingerprint density at radius 1 is 1.00 bits per heavy atom. The number of anilines is 1. The van der Waals surface area contributed by atoms with Crippen molar-refractivity contribution in [2.45, 2.75) is 60.0 Å². The zero-order chi connectivity index (χ0) is 37.9. The quantitative estimate of drug-likeness (QED) is 0.132. The first-order valence-electron chi connectivity index (χ1n) is 17.7. The van der Waals surface area contributed by atoms with Crippen molar-refractivity contribution in [2.24, 2.45) is 7.05 Å². The van der Waals surface area contributed by atoms with Gasteiger partial charge in [-0.05, 0) is 88.4 Å². The van der Waals surface area contributed by atoms with Crippen LogP contribution in [0.15, 0.2) is 48.7 Å². The maximum atomic E-state index is 15.2. The summed E-state index contributed by atoms with van der Waals surface area (Å²) < 4.78 is 17.5. The first kappa shape index (κ1) is 36.6. The summed E-state index contributed by atoms with van der Waals surface area (Å²) in [6.07, 6.45) is 2.85. The number of ether oxygens (including phenoxy) is 2. The molecule has 3 aromatic heterocycles. The predicted octanol–water partition coefficient (Wildman–Crippen LogP) is 9.11. The van der Waals surface area contributed by atoms with Crippen molar-refractivity contribution in [2.75, 3.05) is 31.8 Å². The van der Waals surface area contributed by atoms with E-state index in [2.05, 4.69) is 11.5 Å². The number of aryl methyl sites for hydroxylation is 5. The average Bonchev–Trinajstić information content (AvgIpc) is 3.75. The molecule has 276 valence electrons. The van der Waals surface area contributed by atoms with E-state index in [0.717, 1.165) is 60.9 Å². The van der Waals surface area contributed by atoms with Gasteiger partial charge < -0.3 is 28.6 Å². The number of para-hydroxylation sites is 1. The maximum Gasteiger partial charge on any atom is 0.337 e. The molecule has 1 unspecified atom stereocenters. The Morgan fingerprint density at radius 2 is 1.74 bits per heavy atom. The van der Waals surface area contributed by atoms with Gasteiger partial charge in [0.05, 0.1) is 46.2 Å². The molecule has 1 amide bonds. The highest BCUT2D eigenvalue weighted by atomic mass is 35.5. The second-order valence-electron chi connectivity index (χ2n) is 14.0. The SMILES string of the molecule is COCCn1cc(C(=O)O)c2cccc(N3CC(C)n4c(c(CCCOc5cc(C)c(Cl)c(C)c5)c5ccc(Cl)c(-c6c(C)nn(C)c6C)c54)C3=O)c21. The van der Waals surface area contributed by atoms with E-state index in [4.69, 9.17) is 37.8 Å². The van der Waals surface area contributed by atoms with Crippen LogP contribution < -0.4 is 9.64 Å². The molecule has 53 heavy (non-hydrogen) atoms. The number of aromatic carboxylic acids is 1. The number of amides is 1. The molecule has 12 heteroatoms. The van der Waals surface area contributed by atoms with Gasteiger partial charge in [0.15, 0.2) is 0 Å². The Bertz CT molecular complexity index is 2420. The van der Waals surface area contributed by atoms with Crippen molar-refractivity contribution < 1.29 is 24.2 Å². The predicted molar refractivity (Wildman–Crippen MR) is 211 cm³/mol. The number of nitrogens with zero attached hydrogens (tertiary/aromatic N) is 5. The van der Waals surface area contributed by atoms with Crippen molar-refractivity contribution in [1.82, 2.24) is 18.9 Å². The van der Waals surface area contributed by atoms with Crippen LogP contribution in [0.1, 0.15) is 68.3 Å². The number of aromatic nitrogens is 4. The summed E-state index contributed by atoms with van der Waals surface area (Å²) in [4.78, 5) is 29.3. The molecule has 1 N–H and O–H groups in total. The van der Waals surface area contributed by atoms with Gasteiger partial charge in [-0.2, -0.15) is 5.10 Å². The molecule has 7 rings (SSSR count). The number of benzene rings is 3. The topological polar surface area (TPSA) is 104 Å². The van der Waals surface area contributed by atoms with Gasteiger partial charge in [0, 0.05) is 72.1 Å². The molecule has 0 aliphatic carbocycles. The number of halogens is 2. The van der Waals surface area contributed by atoms with E-state index in [1.165, 1.54) is 0 Å². The third-order valence-electron chi connectivity index (χ3n) is 10.5. The van der Waals surface area contributed by atoms with E-state index in [1.54, 1.807) is 24.3 Å². The molecular formula is C41H43Cl2N5O5. The number of hydrogen-bond acceptors (Lipinski definition) is 5. The van der Waals surface area contributed by atoms with Gasteiger partial charge in [0.2, 0.25) is 0 Å². The molecule has 10 nitrogen and oxygen atoms in total. The molecule has 1 atom stereocenters. The molecule has 0 saturated carbocycles.